The predicted octanol–water partition coefficient (Wildman–Crippen LogP) is 2.02. The summed E-state index contributed by atoms with van der Waals surface area (Å²) in [6.07, 6.45) is 5.95. The van der Waals surface area contributed by atoms with Gasteiger partial charge in [0.05, 0.1) is 6.54 Å². The molecule has 2 aliphatic rings. The van der Waals surface area contributed by atoms with Gasteiger partial charge in [-0.2, -0.15) is 0 Å². The fourth-order valence-corrected chi connectivity index (χ4v) is 3.99. The molecule has 1 atom stereocenters. The molecule has 2 aliphatic heterocycles. The number of fused-ring (bicyclic) bond motifs is 1. The number of amides is 1. The van der Waals surface area contributed by atoms with E-state index in [4.69, 9.17) is 4.74 Å². The number of para-hydroxylation sites is 1. The molecule has 1 amide bonds. The lowest BCUT2D eigenvalue weighted by atomic mass is 9.97. The standard InChI is InChI=1S/C20H26N4O2/c1-22-10-8-21-20(22)17-6-4-9-24(14-17)19(25)15-23-11-12-26-18-7-3-2-5-16(18)13-23/h2-3,5,7-8,10,17H,4,6,9,11-15H2,1H3/t17-/m0/s1. The Labute approximate surface area is 154 Å². The highest BCUT2D eigenvalue weighted by molar-refractivity contribution is 5.78. The van der Waals surface area contributed by atoms with Crippen LogP contribution in [0.5, 0.6) is 5.75 Å². The van der Waals surface area contributed by atoms with E-state index in [0.717, 1.165) is 56.2 Å². The van der Waals surface area contributed by atoms with Crippen LogP contribution in [0, 0.1) is 0 Å². The van der Waals surface area contributed by atoms with E-state index >= 15 is 0 Å². The van der Waals surface area contributed by atoms with Crippen LogP contribution >= 0.6 is 0 Å². The molecular formula is C20H26N4O2. The molecule has 0 unspecified atom stereocenters. The molecule has 3 heterocycles. The second kappa shape index (κ2) is 7.50. The number of piperidine rings is 1. The summed E-state index contributed by atoms with van der Waals surface area (Å²) < 4.78 is 7.88. The minimum absolute atomic E-state index is 0.211. The Morgan fingerprint density at radius 1 is 1.31 bits per heavy atom. The summed E-state index contributed by atoms with van der Waals surface area (Å²) in [7, 11) is 2.03. The number of carbonyl (C=O) groups excluding carboxylic acids is 1. The molecule has 0 radical (unpaired) electrons. The number of imidazole rings is 1. The van der Waals surface area contributed by atoms with E-state index in [1.54, 1.807) is 0 Å². The molecule has 0 aliphatic carbocycles. The van der Waals surface area contributed by atoms with E-state index in [0.29, 0.717) is 19.1 Å². The van der Waals surface area contributed by atoms with Crippen LogP contribution in [0.1, 0.15) is 30.1 Å². The van der Waals surface area contributed by atoms with Gasteiger partial charge in [0.25, 0.3) is 0 Å². The lowest BCUT2D eigenvalue weighted by molar-refractivity contribution is -0.133. The lowest BCUT2D eigenvalue weighted by Crippen LogP contribution is -2.45. The zero-order valence-electron chi connectivity index (χ0n) is 15.3. The molecule has 2 aromatic rings. The Balaban J connectivity index is 1.39. The summed E-state index contributed by atoms with van der Waals surface area (Å²) in [5, 5.41) is 0. The van der Waals surface area contributed by atoms with E-state index in [2.05, 4.69) is 20.5 Å². The van der Waals surface area contributed by atoms with Crippen molar-refractivity contribution >= 4 is 5.91 Å². The molecule has 26 heavy (non-hydrogen) atoms. The Kier molecular flexibility index (Phi) is 4.93. The van der Waals surface area contributed by atoms with Crippen molar-refractivity contribution in [3.63, 3.8) is 0 Å². The topological polar surface area (TPSA) is 50.6 Å². The first-order valence-electron chi connectivity index (χ1n) is 9.39. The maximum atomic E-state index is 12.9. The minimum atomic E-state index is 0.211. The van der Waals surface area contributed by atoms with Gasteiger partial charge in [0.1, 0.15) is 18.2 Å². The van der Waals surface area contributed by atoms with Crippen LogP contribution in [0.3, 0.4) is 0 Å². The van der Waals surface area contributed by atoms with E-state index in [9.17, 15) is 4.79 Å². The number of aromatic nitrogens is 2. The Morgan fingerprint density at radius 3 is 3.04 bits per heavy atom. The van der Waals surface area contributed by atoms with Gasteiger partial charge < -0.3 is 14.2 Å². The van der Waals surface area contributed by atoms with Crippen LogP contribution in [0.2, 0.25) is 0 Å². The molecule has 0 bridgehead atoms. The number of benzene rings is 1. The normalized spacial score (nSPS) is 21.0. The fourth-order valence-electron chi connectivity index (χ4n) is 3.99. The van der Waals surface area contributed by atoms with Gasteiger partial charge in [0.2, 0.25) is 5.91 Å². The molecule has 1 aromatic heterocycles. The van der Waals surface area contributed by atoms with E-state index < -0.39 is 0 Å². The SMILES string of the molecule is Cn1ccnc1[C@H]1CCCN(C(=O)CN2CCOc3ccccc3C2)C1. The largest absolute Gasteiger partial charge is 0.492 e. The van der Waals surface area contributed by atoms with E-state index in [-0.39, 0.29) is 5.91 Å². The number of hydrogen-bond acceptors (Lipinski definition) is 4. The van der Waals surface area contributed by atoms with Crippen molar-refractivity contribution < 1.29 is 9.53 Å². The highest BCUT2D eigenvalue weighted by Gasteiger charge is 2.28. The molecule has 1 saturated heterocycles. The van der Waals surface area contributed by atoms with Crippen molar-refractivity contribution in [2.45, 2.75) is 25.3 Å². The number of nitrogens with zero attached hydrogens (tertiary/aromatic N) is 4. The number of ether oxygens (including phenoxy) is 1. The maximum absolute atomic E-state index is 12.9. The number of likely N-dealkylation sites (tertiary alicyclic amines) is 1. The van der Waals surface area contributed by atoms with Crippen LogP contribution in [-0.4, -0.2) is 58.0 Å². The van der Waals surface area contributed by atoms with Gasteiger partial charge >= 0.3 is 0 Å². The summed E-state index contributed by atoms with van der Waals surface area (Å²) in [6.45, 7) is 4.23. The highest BCUT2D eigenvalue weighted by atomic mass is 16.5. The third-order valence-corrected chi connectivity index (χ3v) is 5.39. The number of hydrogen-bond donors (Lipinski definition) is 0. The molecule has 0 N–H and O–H groups in total. The third-order valence-electron chi connectivity index (χ3n) is 5.39. The highest BCUT2D eigenvalue weighted by Crippen LogP contribution is 2.26. The molecule has 1 fully saturated rings. The second-order valence-electron chi connectivity index (χ2n) is 7.24. The smallest absolute Gasteiger partial charge is 0.236 e. The molecule has 1 aromatic carbocycles. The first-order chi connectivity index (χ1) is 12.7. The molecule has 0 saturated carbocycles. The van der Waals surface area contributed by atoms with Gasteiger partial charge in [0.15, 0.2) is 0 Å². The first-order valence-corrected chi connectivity index (χ1v) is 9.39. The summed E-state index contributed by atoms with van der Waals surface area (Å²) in [5.74, 6) is 2.57. The van der Waals surface area contributed by atoms with Gasteiger partial charge in [-0.1, -0.05) is 18.2 Å². The van der Waals surface area contributed by atoms with Gasteiger partial charge in [-0.3, -0.25) is 9.69 Å². The van der Waals surface area contributed by atoms with Crippen LogP contribution in [0.25, 0.3) is 0 Å². The van der Waals surface area contributed by atoms with Crippen molar-refractivity contribution in [2.24, 2.45) is 7.05 Å². The summed E-state index contributed by atoms with van der Waals surface area (Å²) in [6, 6.07) is 8.10. The summed E-state index contributed by atoms with van der Waals surface area (Å²) in [4.78, 5) is 21.6. The molecule has 0 spiro atoms. The molecular weight excluding hydrogens is 328 g/mol. The molecule has 138 valence electrons. The summed E-state index contributed by atoms with van der Waals surface area (Å²) in [5.41, 5.74) is 1.15. The number of aryl methyl sites for hydroxylation is 1. The molecule has 6 nitrogen and oxygen atoms in total. The van der Waals surface area contributed by atoms with Crippen molar-refractivity contribution in [1.29, 1.82) is 0 Å². The van der Waals surface area contributed by atoms with Gasteiger partial charge in [-0.15, -0.1) is 0 Å². The fraction of sp³-hybridized carbons (Fsp3) is 0.500. The lowest BCUT2D eigenvalue weighted by Gasteiger charge is -2.33. The average Bonchev–Trinajstić information content (AvgIpc) is 2.98. The quantitative estimate of drug-likeness (QED) is 0.846. The van der Waals surface area contributed by atoms with Crippen LogP contribution in [0.4, 0.5) is 0 Å². The first kappa shape index (κ1) is 17.1. The van der Waals surface area contributed by atoms with Crippen LogP contribution in [-0.2, 0) is 18.4 Å². The van der Waals surface area contributed by atoms with Crippen molar-refractivity contribution in [1.82, 2.24) is 19.4 Å². The van der Waals surface area contributed by atoms with Crippen LogP contribution < -0.4 is 4.74 Å². The number of rotatable bonds is 3. The Hall–Kier alpha value is -2.34. The monoisotopic (exact) mass is 354 g/mol. The average molecular weight is 354 g/mol. The zero-order valence-corrected chi connectivity index (χ0v) is 15.3. The van der Waals surface area contributed by atoms with Crippen molar-refractivity contribution in [3.05, 3.63) is 48.0 Å². The predicted molar refractivity (Wildman–Crippen MR) is 99.0 cm³/mol. The van der Waals surface area contributed by atoms with Gasteiger partial charge in [-0.05, 0) is 18.9 Å². The van der Waals surface area contributed by atoms with Gasteiger partial charge in [-0.25, -0.2) is 4.98 Å². The van der Waals surface area contributed by atoms with Gasteiger partial charge in [0, 0.05) is 57.1 Å². The number of carbonyl (C=O) groups is 1. The minimum Gasteiger partial charge on any atom is -0.492 e. The van der Waals surface area contributed by atoms with Crippen molar-refractivity contribution in [2.75, 3.05) is 32.8 Å². The van der Waals surface area contributed by atoms with Crippen molar-refractivity contribution in [3.8, 4) is 5.75 Å². The maximum Gasteiger partial charge on any atom is 0.236 e. The Bertz CT molecular complexity index is 773. The molecule has 4 rings (SSSR count). The van der Waals surface area contributed by atoms with E-state index in [1.807, 2.05) is 42.5 Å². The molecule has 6 heteroatoms. The second-order valence-corrected chi connectivity index (χ2v) is 7.24. The Morgan fingerprint density at radius 2 is 2.19 bits per heavy atom. The summed E-state index contributed by atoms with van der Waals surface area (Å²) >= 11 is 0. The zero-order chi connectivity index (χ0) is 17.9. The van der Waals surface area contributed by atoms with E-state index in [1.165, 1.54) is 0 Å². The van der Waals surface area contributed by atoms with Crippen LogP contribution in [0.15, 0.2) is 36.7 Å². The third kappa shape index (κ3) is 3.60.